The lowest BCUT2D eigenvalue weighted by molar-refractivity contribution is -0.132. The van der Waals surface area contributed by atoms with Gasteiger partial charge in [-0.3, -0.25) is 14.5 Å². The summed E-state index contributed by atoms with van der Waals surface area (Å²) in [7, 11) is 0. The molecule has 0 spiro atoms. The van der Waals surface area contributed by atoms with E-state index < -0.39 is 17.7 Å². The van der Waals surface area contributed by atoms with Crippen LogP contribution >= 0.6 is 23.1 Å². The van der Waals surface area contributed by atoms with Crippen molar-refractivity contribution in [3.63, 3.8) is 0 Å². The van der Waals surface area contributed by atoms with E-state index in [1.54, 1.807) is 61.5 Å². The van der Waals surface area contributed by atoms with Gasteiger partial charge in [-0.05, 0) is 67.4 Å². The molecule has 1 N–H and O–H groups in total. The van der Waals surface area contributed by atoms with Crippen molar-refractivity contribution >= 4 is 45.7 Å². The van der Waals surface area contributed by atoms with Crippen molar-refractivity contribution in [1.82, 2.24) is 10.2 Å². The summed E-state index contributed by atoms with van der Waals surface area (Å²) >= 11 is 2.36. The van der Waals surface area contributed by atoms with Gasteiger partial charge in [-0.2, -0.15) is 0 Å². The van der Waals surface area contributed by atoms with Crippen molar-refractivity contribution in [1.29, 1.82) is 0 Å². The third kappa shape index (κ3) is 6.01. The molecule has 1 atom stereocenters. The number of thioether (sulfide) groups is 1. The topological polar surface area (TPSA) is 106 Å². The van der Waals surface area contributed by atoms with Crippen molar-refractivity contribution < 1.29 is 28.2 Å². The van der Waals surface area contributed by atoms with Gasteiger partial charge >= 0.3 is 5.91 Å². The lowest BCUT2D eigenvalue weighted by Gasteiger charge is -2.20. The predicted molar refractivity (Wildman–Crippen MR) is 166 cm³/mol. The molecule has 1 unspecified atom stereocenters. The van der Waals surface area contributed by atoms with Gasteiger partial charge in [-0.1, -0.05) is 71.1 Å². The van der Waals surface area contributed by atoms with Crippen molar-refractivity contribution in [2.24, 2.45) is 0 Å². The monoisotopic (exact) mass is 627 g/mol. The molecule has 222 valence electrons. The smallest absolute Gasteiger partial charge is 0.302 e. The minimum atomic E-state index is -1.07. The molecule has 8 nitrogen and oxygen atoms in total. The number of Topliss-reactive ketones (excluding diaryl/α,β-unsaturated/α-hetero) is 1. The van der Waals surface area contributed by atoms with Crippen LogP contribution in [-0.2, 0) is 21.9 Å². The van der Waals surface area contributed by atoms with Gasteiger partial charge in [-0.15, -0.1) is 10.2 Å². The average Bonchev–Trinajstić information content (AvgIpc) is 3.73. The number of aliphatic hydroxyl groups excluding tert-OH is 1. The molecule has 1 fully saturated rings. The number of aliphatic hydroxyl groups is 1. The zero-order chi connectivity index (χ0) is 30.8. The molecule has 11 heteroatoms. The molecule has 0 saturated carbocycles. The Kier molecular flexibility index (Phi) is 8.32. The van der Waals surface area contributed by atoms with E-state index in [4.69, 9.17) is 9.15 Å². The van der Waals surface area contributed by atoms with Crippen LogP contribution in [0.4, 0.5) is 9.52 Å². The molecule has 3 heterocycles. The minimum Gasteiger partial charge on any atom is -0.507 e. The Morgan fingerprint density at radius 2 is 1.82 bits per heavy atom. The number of hydrogen-bond donors (Lipinski definition) is 1. The largest absolute Gasteiger partial charge is 0.507 e. The van der Waals surface area contributed by atoms with Gasteiger partial charge in [0, 0.05) is 11.3 Å². The first-order valence-electron chi connectivity index (χ1n) is 13.6. The molecule has 6 rings (SSSR count). The molecule has 0 radical (unpaired) electrons. The minimum absolute atomic E-state index is 0.131. The van der Waals surface area contributed by atoms with E-state index in [1.165, 1.54) is 22.7 Å². The number of aromatic nitrogens is 2. The highest BCUT2D eigenvalue weighted by Crippen LogP contribution is 2.44. The maximum Gasteiger partial charge on any atom is 0.302 e. The summed E-state index contributed by atoms with van der Waals surface area (Å²) < 4.78 is 26.3. The van der Waals surface area contributed by atoms with Crippen LogP contribution in [0.5, 0.6) is 5.75 Å². The third-order valence-electron chi connectivity index (χ3n) is 7.00. The summed E-state index contributed by atoms with van der Waals surface area (Å²) in [6.07, 6.45) is 0. The van der Waals surface area contributed by atoms with Gasteiger partial charge in [0.15, 0.2) is 4.34 Å². The van der Waals surface area contributed by atoms with Crippen LogP contribution in [0.15, 0.2) is 99.3 Å². The molecule has 1 aliphatic heterocycles. The van der Waals surface area contributed by atoms with Gasteiger partial charge in [0.05, 0.1) is 5.57 Å². The number of aryl methyl sites for hydroxylation is 2. The van der Waals surface area contributed by atoms with E-state index in [0.29, 0.717) is 39.3 Å². The molecule has 1 saturated heterocycles. The summed E-state index contributed by atoms with van der Waals surface area (Å²) in [5, 5.41) is 19.9. The van der Waals surface area contributed by atoms with Crippen molar-refractivity contribution in [2.75, 3.05) is 4.90 Å². The number of halogens is 1. The second-order valence-electron chi connectivity index (χ2n) is 10.2. The summed E-state index contributed by atoms with van der Waals surface area (Å²) in [4.78, 5) is 28.1. The number of furan rings is 1. The van der Waals surface area contributed by atoms with E-state index >= 15 is 0 Å². The number of hydrogen-bond acceptors (Lipinski definition) is 9. The fourth-order valence-electron chi connectivity index (χ4n) is 4.85. The normalized spacial score (nSPS) is 16.1. The van der Waals surface area contributed by atoms with E-state index in [0.717, 1.165) is 22.5 Å². The van der Waals surface area contributed by atoms with Crippen molar-refractivity contribution in [2.45, 2.75) is 36.6 Å². The van der Waals surface area contributed by atoms with Gasteiger partial charge in [0.1, 0.15) is 41.5 Å². The Balaban J connectivity index is 1.28. The fraction of sp³-hybridized carbons (Fsp3) is 0.152. The molecule has 5 aromatic rings. The molecule has 1 amide bonds. The molecule has 44 heavy (non-hydrogen) atoms. The number of ketones is 1. The van der Waals surface area contributed by atoms with Gasteiger partial charge in [-0.25, -0.2) is 4.39 Å². The average molecular weight is 628 g/mol. The van der Waals surface area contributed by atoms with Crippen LogP contribution in [0.3, 0.4) is 0 Å². The second kappa shape index (κ2) is 12.5. The Morgan fingerprint density at radius 3 is 2.55 bits per heavy atom. The molecule has 0 bridgehead atoms. The van der Waals surface area contributed by atoms with E-state index in [2.05, 4.69) is 10.2 Å². The maximum absolute atomic E-state index is 14.1. The number of amides is 1. The highest BCUT2D eigenvalue weighted by molar-refractivity contribution is 8.00. The van der Waals surface area contributed by atoms with Crippen LogP contribution < -0.4 is 9.64 Å². The second-order valence-corrected chi connectivity index (χ2v) is 12.3. The van der Waals surface area contributed by atoms with Crippen LogP contribution in [-0.4, -0.2) is 27.0 Å². The van der Waals surface area contributed by atoms with Crippen LogP contribution in [0.25, 0.3) is 5.76 Å². The predicted octanol–water partition coefficient (Wildman–Crippen LogP) is 7.38. The summed E-state index contributed by atoms with van der Waals surface area (Å²) in [5.74, 6) is -0.677. The first kappa shape index (κ1) is 29.3. The van der Waals surface area contributed by atoms with E-state index in [1.807, 2.05) is 31.2 Å². The zero-order valence-electron chi connectivity index (χ0n) is 23.7. The van der Waals surface area contributed by atoms with Crippen LogP contribution in [0.2, 0.25) is 0 Å². The highest BCUT2D eigenvalue weighted by atomic mass is 32.2. The van der Waals surface area contributed by atoms with E-state index in [-0.39, 0.29) is 28.0 Å². The Morgan fingerprint density at radius 1 is 1.02 bits per heavy atom. The number of rotatable bonds is 9. The van der Waals surface area contributed by atoms with Gasteiger partial charge in [0.2, 0.25) is 5.13 Å². The highest BCUT2D eigenvalue weighted by Gasteiger charge is 2.49. The number of nitrogens with zero attached hydrogens (tertiary/aromatic N) is 3. The van der Waals surface area contributed by atoms with E-state index in [9.17, 15) is 19.1 Å². The Labute approximate surface area is 260 Å². The quantitative estimate of drug-likeness (QED) is 0.0593. The summed E-state index contributed by atoms with van der Waals surface area (Å²) in [6, 6.07) is 23.4. The lowest BCUT2D eigenvalue weighted by Crippen LogP contribution is -2.29. The van der Waals surface area contributed by atoms with Crippen LogP contribution in [0, 0.1) is 19.7 Å². The molecule has 3 aromatic carbocycles. The zero-order valence-corrected chi connectivity index (χ0v) is 25.3. The van der Waals surface area contributed by atoms with Crippen molar-refractivity contribution in [3.8, 4) is 5.75 Å². The van der Waals surface area contributed by atoms with Crippen LogP contribution in [0.1, 0.15) is 39.8 Å². The summed E-state index contributed by atoms with van der Waals surface area (Å²) in [6.45, 7) is 4.13. The number of carbonyl (C=O) groups excluding carboxylic acids is 2. The Hall–Kier alpha value is -4.74. The fourth-order valence-corrected chi connectivity index (χ4v) is 6.70. The molecular formula is C33H26FN3O5S2. The molecular weight excluding hydrogens is 602 g/mol. The SMILES string of the molecule is Cc1cccc(COc2ccc(C(O)=C3C(=O)C(=O)N(c4nnc(SCc5ccccc5F)s4)C3c3ccc(C)o3)cc2)c1. The third-order valence-corrected chi connectivity index (χ3v) is 9.11. The Bertz CT molecular complexity index is 1880. The number of ether oxygens (including phenoxy) is 1. The number of anilines is 1. The molecule has 2 aromatic heterocycles. The first-order chi connectivity index (χ1) is 21.3. The van der Waals surface area contributed by atoms with Crippen molar-refractivity contribution in [3.05, 3.63) is 130 Å². The lowest BCUT2D eigenvalue weighted by atomic mass is 9.99. The maximum atomic E-state index is 14.1. The first-order valence-corrected chi connectivity index (χ1v) is 15.4. The number of benzene rings is 3. The molecule has 1 aliphatic rings. The number of carbonyl (C=O) groups is 2. The summed E-state index contributed by atoms with van der Waals surface area (Å²) in [5.41, 5.74) is 2.87. The van der Waals surface area contributed by atoms with Gasteiger partial charge < -0.3 is 14.3 Å². The van der Waals surface area contributed by atoms with Gasteiger partial charge in [0.25, 0.3) is 5.78 Å². The molecule has 0 aliphatic carbocycles. The standard InChI is InChI=1S/C33H26FN3O5S2/c1-19-6-5-7-21(16-19)17-41-24-13-11-22(12-14-24)29(38)27-28(26-15-10-20(2)42-26)37(31(40)30(27)39)32-35-36-33(44-32)43-18-23-8-3-4-9-25(23)34/h3-16,28,38H,17-18H2,1-2H3.